The highest BCUT2D eigenvalue weighted by Crippen LogP contribution is 2.42. The quantitative estimate of drug-likeness (QED) is 0.528. The van der Waals surface area contributed by atoms with Crippen LogP contribution in [-0.4, -0.2) is 47.3 Å². The zero-order valence-corrected chi connectivity index (χ0v) is 9.03. The summed E-state index contributed by atoms with van der Waals surface area (Å²) in [6, 6.07) is 0. The minimum absolute atomic E-state index is 0.246. The number of carbonyl (C=O) groups excluding carboxylic acids is 1. The second kappa shape index (κ2) is 3.61. The van der Waals surface area contributed by atoms with E-state index in [9.17, 15) is 9.90 Å². The summed E-state index contributed by atoms with van der Waals surface area (Å²) in [5.74, 6) is -0.246. The lowest BCUT2D eigenvalue weighted by atomic mass is 9.89. The number of rotatable bonds is 2. The molecule has 2 saturated heterocycles. The molecule has 0 aromatic carbocycles. The van der Waals surface area contributed by atoms with Crippen molar-refractivity contribution in [2.24, 2.45) is 0 Å². The van der Waals surface area contributed by atoms with Gasteiger partial charge in [-0.2, -0.15) is 0 Å². The van der Waals surface area contributed by atoms with Crippen LogP contribution < -0.4 is 0 Å². The molecule has 2 heterocycles. The Labute approximate surface area is 89.5 Å². The van der Waals surface area contributed by atoms with Crippen molar-refractivity contribution >= 4 is 5.97 Å². The van der Waals surface area contributed by atoms with Crippen LogP contribution in [0.2, 0.25) is 0 Å². The van der Waals surface area contributed by atoms with E-state index in [2.05, 4.69) is 6.58 Å². The maximum absolute atomic E-state index is 12.0. The van der Waals surface area contributed by atoms with Crippen molar-refractivity contribution in [1.82, 2.24) is 4.90 Å². The number of hydrogen-bond donors (Lipinski definition) is 1. The van der Waals surface area contributed by atoms with E-state index in [0.717, 1.165) is 18.5 Å². The van der Waals surface area contributed by atoms with E-state index in [-0.39, 0.29) is 5.97 Å². The fraction of sp³-hybridized carbons (Fsp3) is 0.727. The number of esters is 1. The van der Waals surface area contributed by atoms with Gasteiger partial charge in [0.25, 0.3) is 0 Å². The zero-order valence-electron chi connectivity index (χ0n) is 9.03. The van der Waals surface area contributed by atoms with Gasteiger partial charge in [-0.1, -0.05) is 6.58 Å². The lowest BCUT2D eigenvalue weighted by Crippen LogP contribution is -2.47. The molecular weight excluding hydrogens is 194 g/mol. The third kappa shape index (κ3) is 1.40. The van der Waals surface area contributed by atoms with E-state index >= 15 is 0 Å². The van der Waals surface area contributed by atoms with E-state index in [1.165, 1.54) is 0 Å². The second-order valence-corrected chi connectivity index (χ2v) is 4.24. The van der Waals surface area contributed by atoms with Crippen molar-refractivity contribution in [3.05, 3.63) is 12.2 Å². The fourth-order valence-electron chi connectivity index (χ4n) is 2.68. The Bertz CT molecular complexity index is 302. The van der Waals surface area contributed by atoms with Crippen LogP contribution in [0.3, 0.4) is 0 Å². The van der Waals surface area contributed by atoms with Gasteiger partial charge in [0.2, 0.25) is 0 Å². The molecule has 0 amide bonds. The van der Waals surface area contributed by atoms with Gasteiger partial charge in [0.1, 0.15) is 5.54 Å². The summed E-state index contributed by atoms with van der Waals surface area (Å²) in [5, 5.41) is 9.64. The minimum atomic E-state index is -0.727. The van der Waals surface area contributed by atoms with Gasteiger partial charge in [0.05, 0.1) is 12.7 Å². The first-order valence-corrected chi connectivity index (χ1v) is 5.40. The Balaban J connectivity index is 2.28. The summed E-state index contributed by atoms with van der Waals surface area (Å²) in [6.45, 7) is 7.47. The summed E-state index contributed by atoms with van der Waals surface area (Å²) >= 11 is 0. The number of carbonyl (C=O) groups is 1. The van der Waals surface area contributed by atoms with Crippen LogP contribution in [-0.2, 0) is 9.53 Å². The molecule has 0 bridgehead atoms. The number of aliphatic hydroxyl groups is 1. The Hall–Kier alpha value is -0.870. The van der Waals surface area contributed by atoms with Crippen molar-refractivity contribution < 1.29 is 14.6 Å². The lowest BCUT2D eigenvalue weighted by Gasteiger charge is -2.29. The van der Waals surface area contributed by atoms with Crippen molar-refractivity contribution in [2.75, 3.05) is 19.7 Å². The number of aliphatic hydroxyl groups excluding tert-OH is 1. The second-order valence-electron chi connectivity index (χ2n) is 4.24. The van der Waals surface area contributed by atoms with E-state index in [4.69, 9.17) is 4.74 Å². The number of ether oxygens (including phenoxy) is 1. The molecule has 4 nitrogen and oxygen atoms in total. The fourth-order valence-corrected chi connectivity index (χ4v) is 2.68. The smallest absolute Gasteiger partial charge is 0.330 e. The van der Waals surface area contributed by atoms with Crippen molar-refractivity contribution in [2.45, 2.75) is 31.4 Å². The molecule has 15 heavy (non-hydrogen) atoms. The summed E-state index contributed by atoms with van der Waals surface area (Å²) < 4.78 is 5.10. The van der Waals surface area contributed by atoms with Crippen molar-refractivity contribution in [1.29, 1.82) is 0 Å². The van der Waals surface area contributed by atoms with Gasteiger partial charge in [-0.25, -0.2) is 4.79 Å². The standard InChI is InChI=1S/C11H17NO3/c1-3-15-10(14)11-6-9(13)7-12(11)5-4-8(11)2/h9,13H,2-7H2,1H3/t9?,11-/m1/s1. The van der Waals surface area contributed by atoms with Gasteiger partial charge in [-0.05, 0) is 18.9 Å². The maximum Gasteiger partial charge on any atom is 0.330 e. The average molecular weight is 211 g/mol. The molecule has 1 N–H and O–H groups in total. The van der Waals surface area contributed by atoms with Crippen molar-refractivity contribution in [3.8, 4) is 0 Å². The van der Waals surface area contributed by atoms with Gasteiger partial charge in [0, 0.05) is 19.5 Å². The molecule has 2 fully saturated rings. The lowest BCUT2D eigenvalue weighted by molar-refractivity contribution is -0.152. The van der Waals surface area contributed by atoms with E-state index in [1.54, 1.807) is 6.92 Å². The monoisotopic (exact) mass is 211 g/mol. The highest BCUT2D eigenvalue weighted by molar-refractivity contribution is 5.86. The third-order valence-electron chi connectivity index (χ3n) is 3.38. The van der Waals surface area contributed by atoms with Crippen LogP contribution in [0.25, 0.3) is 0 Å². The molecule has 1 unspecified atom stereocenters. The predicted molar refractivity (Wildman–Crippen MR) is 55.3 cm³/mol. The van der Waals surface area contributed by atoms with Gasteiger partial charge in [0.15, 0.2) is 0 Å². The Morgan fingerprint density at radius 2 is 2.53 bits per heavy atom. The van der Waals surface area contributed by atoms with Crippen LogP contribution in [0.5, 0.6) is 0 Å². The third-order valence-corrected chi connectivity index (χ3v) is 3.38. The molecule has 0 aliphatic carbocycles. The molecule has 0 radical (unpaired) electrons. The molecule has 2 atom stereocenters. The highest BCUT2D eigenvalue weighted by atomic mass is 16.5. The number of fused-ring (bicyclic) bond motifs is 1. The summed E-state index contributed by atoms with van der Waals surface area (Å²) in [6.07, 6.45) is 0.822. The van der Waals surface area contributed by atoms with E-state index in [0.29, 0.717) is 19.6 Å². The van der Waals surface area contributed by atoms with Gasteiger partial charge in [-0.15, -0.1) is 0 Å². The zero-order chi connectivity index (χ0) is 11.1. The molecular formula is C11H17NO3. The van der Waals surface area contributed by atoms with E-state index < -0.39 is 11.6 Å². The van der Waals surface area contributed by atoms with Gasteiger partial charge >= 0.3 is 5.97 Å². The Kier molecular flexibility index (Phi) is 2.56. The average Bonchev–Trinajstić information content (AvgIpc) is 2.65. The Morgan fingerprint density at radius 3 is 3.20 bits per heavy atom. The molecule has 0 saturated carbocycles. The van der Waals surface area contributed by atoms with Crippen molar-refractivity contribution in [3.63, 3.8) is 0 Å². The van der Waals surface area contributed by atoms with Crippen LogP contribution in [0.15, 0.2) is 12.2 Å². The first-order valence-electron chi connectivity index (χ1n) is 5.40. The largest absolute Gasteiger partial charge is 0.464 e. The SMILES string of the molecule is C=C1CCN2CC(O)C[C@]12C(=O)OCC. The van der Waals surface area contributed by atoms with Crippen LogP contribution in [0, 0.1) is 0 Å². The molecule has 2 aliphatic heterocycles. The van der Waals surface area contributed by atoms with Crippen LogP contribution in [0.1, 0.15) is 19.8 Å². The summed E-state index contributed by atoms with van der Waals surface area (Å²) in [7, 11) is 0. The highest BCUT2D eigenvalue weighted by Gasteiger charge is 2.56. The molecule has 0 spiro atoms. The van der Waals surface area contributed by atoms with Gasteiger partial charge in [-0.3, -0.25) is 4.90 Å². The summed E-state index contributed by atoms with van der Waals surface area (Å²) in [4.78, 5) is 14.0. The molecule has 84 valence electrons. The molecule has 2 rings (SSSR count). The summed E-state index contributed by atoms with van der Waals surface area (Å²) in [5.41, 5.74) is 0.160. The molecule has 2 aliphatic rings. The number of hydrogen-bond acceptors (Lipinski definition) is 4. The maximum atomic E-state index is 12.0. The molecule has 4 heteroatoms. The van der Waals surface area contributed by atoms with Crippen LogP contribution in [0.4, 0.5) is 0 Å². The Morgan fingerprint density at radius 1 is 1.80 bits per heavy atom. The predicted octanol–water partition coefficient (Wildman–Crippen LogP) is 0.315. The topological polar surface area (TPSA) is 49.8 Å². The first kappa shape index (κ1) is 10.6. The minimum Gasteiger partial charge on any atom is -0.464 e. The van der Waals surface area contributed by atoms with Gasteiger partial charge < -0.3 is 9.84 Å². The normalized spacial score (nSPS) is 35.6. The first-order chi connectivity index (χ1) is 7.11. The molecule has 0 aromatic heterocycles. The number of β-amino-alcohol motifs (C(OH)–C–C–N with tert-alkyl or cyclic N) is 1. The van der Waals surface area contributed by atoms with Crippen LogP contribution >= 0.6 is 0 Å². The number of nitrogens with zero attached hydrogens (tertiary/aromatic N) is 1. The molecule has 0 aromatic rings. The van der Waals surface area contributed by atoms with E-state index in [1.807, 2.05) is 4.90 Å².